The van der Waals surface area contributed by atoms with E-state index in [1.54, 1.807) is 6.07 Å². The third-order valence-corrected chi connectivity index (χ3v) is 3.68. The average molecular weight is 306 g/mol. The number of rotatable bonds is 6. The van der Waals surface area contributed by atoms with E-state index in [-0.39, 0.29) is 17.2 Å². The molecule has 0 heterocycles. The predicted molar refractivity (Wildman–Crippen MR) is 83.5 cm³/mol. The van der Waals surface area contributed by atoms with E-state index in [9.17, 15) is 9.18 Å². The van der Waals surface area contributed by atoms with Crippen molar-refractivity contribution >= 4 is 17.4 Å². The van der Waals surface area contributed by atoms with Crippen LogP contribution in [0.2, 0.25) is 5.02 Å². The van der Waals surface area contributed by atoms with Crippen molar-refractivity contribution in [3.63, 3.8) is 0 Å². The molecule has 0 saturated carbocycles. The molecule has 4 heteroatoms. The van der Waals surface area contributed by atoms with Gasteiger partial charge in [-0.05, 0) is 43.3 Å². The smallest absolute Gasteiger partial charge is 0.167 e. The highest BCUT2D eigenvalue weighted by Gasteiger charge is 2.13. The predicted octanol–water partition coefficient (Wildman–Crippen LogP) is 3.67. The van der Waals surface area contributed by atoms with Crippen molar-refractivity contribution < 1.29 is 9.18 Å². The van der Waals surface area contributed by atoms with Gasteiger partial charge in [0.25, 0.3) is 0 Å². The maximum absolute atomic E-state index is 13.0. The van der Waals surface area contributed by atoms with Crippen molar-refractivity contribution in [3.05, 3.63) is 70.0 Å². The second-order valence-electron chi connectivity index (χ2n) is 4.85. The van der Waals surface area contributed by atoms with Gasteiger partial charge in [0.2, 0.25) is 0 Å². The van der Waals surface area contributed by atoms with E-state index in [1.807, 2.05) is 31.3 Å². The summed E-state index contributed by atoms with van der Waals surface area (Å²) in [5.41, 5.74) is 2.36. The van der Waals surface area contributed by atoms with Crippen LogP contribution in [0.1, 0.15) is 21.5 Å². The van der Waals surface area contributed by atoms with Crippen LogP contribution in [0.25, 0.3) is 0 Å². The minimum atomic E-state index is -0.398. The van der Waals surface area contributed by atoms with Crippen LogP contribution in [0.15, 0.2) is 42.5 Å². The third-order valence-electron chi connectivity index (χ3n) is 3.33. The van der Waals surface area contributed by atoms with Gasteiger partial charge in [-0.2, -0.15) is 0 Å². The molecular formula is C17H17ClFNO. The SMILES string of the molecule is CNCCc1ccccc1C(=O)Cc1ccc(F)cc1Cl. The highest BCUT2D eigenvalue weighted by atomic mass is 35.5. The zero-order valence-corrected chi connectivity index (χ0v) is 12.6. The summed E-state index contributed by atoms with van der Waals surface area (Å²) in [5, 5.41) is 3.36. The topological polar surface area (TPSA) is 29.1 Å². The minimum Gasteiger partial charge on any atom is -0.319 e. The molecule has 0 radical (unpaired) electrons. The standard InChI is InChI=1S/C17H17ClFNO/c1-20-9-8-12-4-2-3-5-15(12)17(21)10-13-6-7-14(19)11-16(13)18/h2-7,11,20H,8-10H2,1H3. The van der Waals surface area contributed by atoms with E-state index in [4.69, 9.17) is 11.6 Å². The molecule has 0 unspecified atom stereocenters. The first kappa shape index (κ1) is 15.7. The number of Topliss-reactive ketones (excluding diaryl/α,β-unsaturated/α-hetero) is 1. The van der Waals surface area contributed by atoms with E-state index >= 15 is 0 Å². The van der Waals surface area contributed by atoms with Crippen LogP contribution in [0.5, 0.6) is 0 Å². The summed E-state index contributed by atoms with van der Waals surface area (Å²) < 4.78 is 13.0. The van der Waals surface area contributed by atoms with Gasteiger partial charge in [0.05, 0.1) is 0 Å². The molecule has 1 N–H and O–H groups in total. The van der Waals surface area contributed by atoms with Crippen molar-refractivity contribution in [2.75, 3.05) is 13.6 Å². The summed E-state index contributed by atoms with van der Waals surface area (Å²) >= 11 is 5.98. The summed E-state index contributed by atoms with van der Waals surface area (Å²) in [4.78, 5) is 12.5. The number of likely N-dealkylation sites (N-methyl/N-ethyl adjacent to an activating group) is 1. The largest absolute Gasteiger partial charge is 0.319 e. The van der Waals surface area contributed by atoms with Gasteiger partial charge >= 0.3 is 0 Å². The second kappa shape index (κ2) is 7.34. The summed E-state index contributed by atoms with van der Waals surface area (Å²) in [6.45, 7) is 0.807. The summed E-state index contributed by atoms with van der Waals surface area (Å²) in [5.74, 6) is -0.402. The van der Waals surface area contributed by atoms with E-state index in [2.05, 4.69) is 5.32 Å². The first-order valence-electron chi connectivity index (χ1n) is 6.81. The average Bonchev–Trinajstić information content (AvgIpc) is 2.48. The van der Waals surface area contributed by atoms with E-state index < -0.39 is 5.82 Å². The monoisotopic (exact) mass is 305 g/mol. The number of benzene rings is 2. The lowest BCUT2D eigenvalue weighted by Gasteiger charge is -2.09. The third kappa shape index (κ3) is 4.13. The van der Waals surface area contributed by atoms with Gasteiger partial charge in [-0.15, -0.1) is 0 Å². The molecule has 2 aromatic carbocycles. The van der Waals surface area contributed by atoms with Gasteiger partial charge in [-0.3, -0.25) is 4.79 Å². The molecule has 0 saturated heterocycles. The fourth-order valence-electron chi connectivity index (χ4n) is 2.20. The Morgan fingerprint density at radius 3 is 2.67 bits per heavy atom. The molecule has 2 aromatic rings. The Morgan fingerprint density at radius 1 is 1.19 bits per heavy atom. The molecule has 21 heavy (non-hydrogen) atoms. The quantitative estimate of drug-likeness (QED) is 0.825. The number of ketones is 1. The van der Waals surface area contributed by atoms with Crippen LogP contribution in [-0.4, -0.2) is 19.4 Å². The normalized spacial score (nSPS) is 10.6. The van der Waals surface area contributed by atoms with Gasteiger partial charge in [0, 0.05) is 17.0 Å². The molecule has 0 atom stereocenters. The zero-order valence-electron chi connectivity index (χ0n) is 11.8. The molecule has 0 fully saturated rings. The van der Waals surface area contributed by atoms with Gasteiger partial charge in [0.1, 0.15) is 5.82 Å². The van der Waals surface area contributed by atoms with E-state index in [0.717, 1.165) is 18.5 Å². The van der Waals surface area contributed by atoms with Crippen molar-refractivity contribution in [1.82, 2.24) is 5.32 Å². The van der Waals surface area contributed by atoms with Crippen LogP contribution in [0.4, 0.5) is 4.39 Å². The number of nitrogens with one attached hydrogen (secondary N) is 1. The van der Waals surface area contributed by atoms with Crippen molar-refractivity contribution in [1.29, 1.82) is 0 Å². The summed E-state index contributed by atoms with van der Waals surface area (Å²) in [6.07, 6.45) is 0.964. The van der Waals surface area contributed by atoms with Crippen molar-refractivity contribution in [2.24, 2.45) is 0 Å². The molecule has 0 spiro atoms. The number of hydrogen-bond acceptors (Lipinski definition) is 2. The Bertz CT molecular complexity index is 642. The van der Waals surface area contributed by atoms with E-state index in [0.29, 0.717) is 11.1 Å². The first-order valence-corrected chi connectivity index (χ1v) is 7.19. The Balaban J connectivity index is 2.20. The first-order chi connectivity index (χ1) is 10.1. The van der Waals surface area contributed by atoms with Gasteiger partial charge < -0.3 is 5.32 Å². The van der Waals surface area contributed by atoms with Crippen LogP contribution in [0.3, 0.4) is 0 Å². The highest BCUT2D eigenvalue weighted by Crippen LogP contribution is 2.20. The molecule has 2 nitrogen and oxygen atoms in total. The zero-order chi connectivity index (χ0) is 15.2. The number of carbonyl (C=O) groups excluding carboxylic acids is 1. The van der Waals surface area contributed by atoms with Gasteiger partial charge in [0.15, 0.2) is 5.78 Å². The van der Waals surface area contributed by atoms with Gasteiger partial charge in [-0.1, -0.05) is 41.9 Å². The van der Waals surface area contributed by atoms with Crippen LogP contribution < -0.4 is 5.32 Å². The molecule has 0 bridgehead atoms. The molecule has 0 aliphatic heterocycles. The van der Waals surface area contributed by atoms with Crippen LogP contribution in [-0.2, 0) is 12.8 Å². The number of carbonyl (C=O) groups is 1. The fraction of sp³-hybridized carbons (Fsp3) is 0.235. The summed E-state index contributed by atoms with van der Waals surface area (Å²) in [6, 6.07) is 11.7. The maximum atomic E-state index is 13.0. The molecule has 0 amide bonds. The number of hydrogen-bond donors (Lipinski definition) is 1. The second-order valence-corrected chi connectivity index (χ2v) is 5.25. The summed E-state index contributed by atoms with van der Waals surface area (Å²) in [7, 11) is 1.88. The number of halogens is 2. The Morgan fingerprint density at radius 2 is 1.95 bits per heavy atom. The Kier molecular flexibility index (Phi) is 5.48. The minimum absolute atomic E-state index is 0.00443. The highest BCUT2D eigenvalue weighted by molar-refractivity contribution is 6.31. The van der Waals surface area contributed by atoms with Gasteiger partial charge in [-0.25, -0.2) is 4.39 Å². The van der Waals surface area contributed by atoms with E-state index in [1.165, 1.54) is 12.1 Å². The Labute approximate surface area is 128 Å². The fourth-order valence-corrected chi connectivity index (χ4v) is 2.44. The van der Waals surface area contributed by atoms with Crippen molar-refractivity contribution in [2.45, 2.75) is 12.8 Å². The Hall–Kier alpha value is -1.71. The maximum Gasteiger partial charge on any atom is 0.167 e. The molecule has 0 aromatic heterocycles. The lowest BCUT2D eigenvalue weighted by molar-refractivity contribution is 0.0992. The molecule has 110 valence electrons. The van der Waals surface area contributed by atoms with Crippen LogP contribution >= 0.6 is 11.6 Å². The lowest BCUT2D eigenvalue weighted by Crippen LogP contribution is -2.14. The molecule has 0 aliphatic rings. The molecule has 0 aliphatic carbocycles. The van der Waals surface area contributed by atoms with Crippen LogP contribution in [0, 0.1) is 5.82 Å². The molecular weight excluding hydrogens is 289 g/mol. The molecule has 2 rings (SSSR count). The lowest BCUT2D eigenvalue weighted by atomic mass is 9.97. The van der Waals surface area contributed by atoms with Crippen molar-refractivity contribution in [3.8, 4) is 0 Å².